The van der Waals surface area contributed by atoms with E-state index in [0.717, 1.165) is 4.90 Å². The zero-order valence-corrected chi connectivity index (χ0v) is 12.7. The fraction of sp³-hybridized carbons (Fsp3) is 0.533. The number of ether oxygens (including phenoxy) is 1. The monoisotopic (exact) mass is 295 g/mol. The maximum Gasteiger partial charge on any atom is 0.236 e. The molecule has 110 valence electrons. The second-order valence-corrected chi connectivity index (χ2v) is 6.37. The van der Waals surface area contributed by atoms with Crippen molar-refractivity contribution in [1.29, 1.82) is 0 Å². The number of hydrogen-bond donors (Lipinski definition) is 1. The largest absolute Gasteiger partial charge is 0.507 e. The van der Waals surface area contributed by atoms with E-state index < -0.39 is 0 Å². The van der Waals surface area contributed by atoms with Crippen LogP contribution in [-0.4, -0.2) is 47.5 Å². The first-order valence-electron chi connectivity index (χ1n) is 6.91. The van der Waals surface area contributed by atoms with Crippen LogP contribution in [0.4, 0.5) is 0 Å². The minimum absolute atomic E-state index is 0.136. The molecule has 0 aliphatic carbocycles. The molecule has 1 atom stereocenters. The van der Waals surface area contributed by atoms with Gasteiger partial charge in [-0.1, -0.05) is 26.0 Å². The zero-order chi connectivity index (χ0) is 14.5. The third-order valence-corrected chi connectivity index (χ3v) is 4.89. The number of aromatic hydroxyl groups is 1. The number of carbonyl (C=O) groups excluding carboxylic acids is 1. The van der Waals surface area contributed by atoms with Crippen molar-refractivity contribution in [1.82, 2.24) is 4.90 Å². The molecule has 1 fully saturated rings. The lowest BCUT2D eigenvalue weighted by atomic mass is 10.1. The lowest BCUT2D eigenvalue weighted by Gasteiger charge is -2.31. The molecule has 0 aromatic heterocycles. The number of thioether (sulfide) groups is 1. The van der Waals surface area contributed by atoms with Crippen LogP contribution >= 0.6 is 11.8 Å². The molecular weight excluding hydrogens is 274 g/mol. The zero-order valence-electron chi connectivity index (χ0n) is 11.9. The Morgan fingerprint density at radius 2 is 1.95 bits per heavy atom. The van der Waals surface area contributed by atoms with Crippen molar-refractivity contribution in [2.75, 3.05) is 26.3 Å². The Labute approximate surface area is 124 Å². The third kappa shape index (κ3) is 3.67. The van der Waals surface area contributed by atoms with Gasteiger partial charge in [0.1, 0.15) is 5.75 Å². The molecule has 1 aliphatic heterocycles. The molecule has 1 aromatic rings. The molecule has 1 heterocycles. The second kappa shape index (κ2) is 6.99. The molecule has 0 saturated carbocycles. The van der Waals surface area contributed by atoms with E-state index in [2.05, 4.69) is 0 Å². The van der Waals surface area contributed by atoms with E-state index in [1.807, 2.05) is 30.9 Å². The van der Waals surface area contributed by atoms with Gasteiger partial charge in [-0.15, -0.1) is 11.8 Å². The van der Waals surface area contributed by atoms with Crippen molar-refractivity contribution >= 4 is 17.7 Å². The first-order valence-corrected chi connectivity index (χ1v) is 7.78. The number of morpholine rings is 1. The van der Waals surface area contributed by atoms with Crippen molar-refractivity contribution in [3.05, 3.63) is 24.3 Å². The Kier molecular flexibility index (Phi) is 5.31. The van der Waals surface area contributed by atoms with Crippen LogP contribution in [0.1, 0.15) is 13.8 Å². The second-order valence-electron chi connectivity index (χ2n) is 5.19. The number of amides is 1. The summed E-state index contributed by atoms with van der Waals surface area (Å²) in [6.07, 6.45) is 0. The average molecular weight is 295 g/mol. The van der Waals surface area contributed by atoms with Crippen LogP contribution in [0.3, 0.4) is 0 Å². The maximum atomic E-state index is 12.6. The standard InChI is InChI=1S/C15H21NO3S/c1-11(2)14(15(18)16-7-9-19-10-8-16)20-13-6-4-3-5-12(13)17/h3-6,11,14,17H,7-10H2,1-2H3. The molecule has 2 rings (SSSR count). The summed E-state index contributed by atoms with van der Waals surface area (Å²) in [4.78, 5) is 15.2. The molecule has 1 aromatic carbocycles. The number of phenols is 1. The smallest absolute Gasteiger partial charge is 0.236 e. The van der Waals surface area contributed by atoms with E-state index in [0.29, 0.717) is 26.3 Å². The Morgan fingerprint density at radius 3 is 2.55 bits per heavy atom. The summed E-state index contributed by atoms with van der Waals surface area (Å²) in [6.45, 7) is 6.61. The quantitative estimate of drug-likeness (QED) is 0.866. The summed E-state index contributed by atoms with van der Waals surface area (Å²) in [5.74, 6) is 0.574. The van der Waals surface area contributed by atoms with Crippen molar-refractivity contribution in [2.45, 2.75) is 24.0 Å². The highest BCUT2D eigenvalue weighted by Gasteiger charge is 2.29. The van der Waals surface area contributed by atoms with Crippen LogP contribution in [0.15, 0.2) is 29.2 Å². The summed E-state index contributed by atoms with van der Waals surface area (Å²) >= 11 is 1.44. The topological polar surface area (TPSA) is 49.8 Å². The molecule has 5 heteroatoms. The van der Waals surface area contributed by atoms with Gasteiger partial charge in [-0.25, -0.2) is 0 Å². The first-order chi connectivity index (χ1) is 9.59. The van der Waals surface area contributed by atoms with Crippen LogP contribution in [0.25, 0.3) is 0 Å². The SMILES string of the molecule is CC(C)C(Sc1ccccc1O)C(=O)N1CCOCC1. The molecule has 0 spiro atoms. The van der Waals surface area contributed by atoms with Gasteiger partial charge >= 0.3 is 0 Å². The first kappa shape index (κ1) is 15.2. The number of nitrogens with zero attached hydrogens (tertiary/aromatic N) is 1. The fourth-order valence-electron chi connectivity index (χ4n) is 2.13. The number of phenolic OH excluding ortho intramolecular Hbond substituents is 1. The summed E-state index contributed by atoms with van der Waals surface area (Å²) in [7, 11) is 0. The predicted octanol–water partition coefficient (Wildman–Crippen LogP) is 2.37. The molecule has 4 nitrogen and oxygen atoms in total. The number of carbonyl (C=O) groups is 1. The maximum absolute atomic E-state index is 12.6. The predicted molar refractivity (Wildman–Crippen MR) is 80.0 cm³/mol. The minimum atomic E-state index is -0.179. The van der Waals surface area contributed by atoms with E-state index in [1.165, 1.54) is 11.8 Å². The van der Waals surface area contributed by atoms with Gasteiger partial charge in [-0.3, -0.25) is 4.79 Å². The highest BCUT2D eigenvalue weighted by Crippen LogP contribution is 2.35. The number of rotatable bonds is 4. The summed E-state index contributed by atoms with van der Waals surface area (Å²) in [6, 6.07) is 7.16. The van der Waals surface area contributed by atoms with Gasteiger partial charge in [0.25, 0.3) is 0 Å². The molecule has 1 N–H and O–H groups in total. The highest BCUT2D eigenvalue weighted by molar-refractivity contribution is 8.00. The van der Waals surface area contributed by atoms with Crippen LogP contribution in [0, 0.1) is 5.92 Å². The van der Waals surface area contributed by atoms with Crippen molar-refractivity contribution in [3.8, 4) is 5.75 Å². The lowest BCUT2D eigenvalue weighted by Crippen LogP contribution is -2.46. The lowest BCUT2D eigenvalue weighted by molar-refractivity contribution is -0.135. The van der Waals surface area contributed by atoms with E-state index in [-0.39, 0.29) is 22.8 Å². The van der Waals surface area contributed by atoms with Crippen molar-refractivity contribution in [2.24, 2.45) is 5.92 Å². The molecule has 1 aliphatic rings. The molecule has 0 bridgehead atoms. The molecule has 1 unspecified atom stereocenters. The Morgan fingerprint density at radius 1 is 1.30 bits per heavy atom. The van der Waals surface area contributed by atoms with Crippen LogP contribution in [0.2, 0.25) is 0 Å². The van der Waals surface area contributed by atoms with Gasteiger partial charge in [0.15, 0.2) is 0 Å². The van der Waals surface area contributed by atoms with E-state index in [9.17, 15) is 9.90 Å². The average Bonchev–Trinajstić information content (AvgIpc) is 2.46. The number of benzene rings is 1. The van der Waals surface area contributed by atoms with Gasteiger partial charge in [-0.2, -0.15) is 0 Å². The molecular formula is C15H21NO3S. The third-order valence-electron chi connectivity index (χ3n) is 3.29. The number of hydrogen-bond acceptors (Lipinski definition) is 4. The summed E-state index contributed by atoms with van der Waals surface area (Å²) in [5, 5.41) is 9.69. The van der Waals surface area contributed by atoms with Gasteiger partial charge < -0.3 is 14.7 Å². The van der Waals surface area contributed by atoms with Crippen LogP contribution in [0.5, 0.6) is 5.75 Å². The van der Waals surface area contributed by atoms with Crippen molar-refractivity contribution < 1.29 is 14.6 Å². The molecule has 0 radical (unpaired) electrons. The van der Waals surface area contributed by atoms with Gasteiger partial charge in [0, 0.05) is 18.0 Å². The Hall–Kier alpha value is -1.20. The highest BCUT2D eigenvalue weighted by atomic mass is 32.2. The molecule has 1 saturated heterocycles. The number of para-hydroxylation sites is 1. The Bertz CT molecular complexity index is 458. The van der Waals surface area contributed by atoms with E-state index in [1.54, 1.807) is 12.1 Å². The molecule has 1 amide bonds. The van der Waals surface area contributed by atoms with E-state index in [4.69, 9.17) is 4.74 Å². The fourth-order valence-corrected chi connectivity index (χ4v) is 3.27. The normalized spacial score (nSPS) is 17.2. The van der Waals surface area contributed by atoms with Gasteiger partial charge in [0.2, 0.25) is 5.91 Å². The van der Waals surface area contributed by atoms with Crippen LogP contribution in [-0.2, 0) is 9.53 Å². The van der Waals surface area contributed by atoms with Gasteiger partial charge in [0.05, 0.1) is 18.5 Å². The Balaban J connectivity index is 2.10. The van der Waals surface area contributed by atoms with E-state index >= 15 is 0 Å². The molecule has 20 heavy (non-hydrogen) atoms. The van der Waals surface area contributed by atoms with Crippen molar-refractivity contribution in [3.63, 3.8) is 0 Å². The van der Waals surface area contributed by atoms with Crippen LogP contribution < -0.4 is 0 Å². The summed E-state index contributed by atoms with van der Waals surface area (Å²) < 4.78 is 5.29. The minimum Gasteiger partial charge on any atom is -0.507 e. The van der Waals surface area contributed by atoms with Gasteiger partial charge in [-0.05, 0) is 18.1 Å². The summed E-state index contributed by atoms with van der Waals surface area (Å²) in [5.41, 5.74) is 0.